The van der Waals surface area contributed by atoms with E-state index in [4.69, 9.17) is 4.74 Å². The van der Waals surface area contributed by atoms with Crippen LogP contribution in [0.15, 0.2) is 36.7 Å². The van der Waals surface area contributed by atoms with E-state index in [0.717, 1.165) is 50.6 Å². The summed E-state index contributed by atoms with van der Waals surface area (Å²) in [6.45, 7) is 6.21. The number of ether oxygens (including phenoxy) is 1. The summed E-state index contributed by atoms with van der Waals surface area (Å²) < 4.78 is 7.33. The molecule has 0 aliphatic carbocycles. The zero-order chi connectivity index (χ0) is 17.5. The first kappa shape index (κ1) is 17.4. The predicted octanol–water partition coefficient (Wildman–Crippen LogP) is 1.19. The molecule has 1 aromatic heterocycles. The summed E-state index contributed by atoms with van der Waals surface area (Å²) in [6.07, 6.45) is 3.87. The second-order valence-corrected chi connectivity index (χ2v) is 6.08. The third-order valence-corrected chi connectivity index (χ3v) is 4.32. The zero-order valence-electron chi connectivity index (χ0n) is 14.6. The van der Waals surface area contributed by atoms with Crippen LogP contribution in [0.5, 0.6) is 0 Å². The Balaban J connectivity index is 1.45. The molecule has 1 saturated heterocycles. The predicted molar refractivity (Wildman–Crippen MR) is 96.6 cm³/mol. The summed E-state index contributed by atoms with van der Waals surface area (Å²) >= 11 is 0. The molecule has 1 aromatic carbocycles. The molecule has 2 N–H and O–H groups in total. The van der Waals surface area contributed by atoms with Crippen molar-refractivity contribution in [2.45, 2.75) is 13.1 Å². The molecular weight excluding hydrogens is 318 g/mol. The first-order valence-corrected chi connectivity index (χ1v) is 8.62. The van der Waals surface area contributed by atoms with Gasteiger partial charge < -0.3 is 15.4 Å². The van der Waals surface area contributed by atoms with Crippen LogP contribution in [0.2, 0.25) is 0 Å². The largest absolute Gasteiger partial charge is 0.379 e. The van der Waals surface area contributed by atoms with E-state index in [1.54, 1.807) is 7.05 Å². The number of hydrogen-bond donors (Lipinski definition) is 2. The Hall–Kier alpha value is -2.38. The lowest BCUT2D eigenvalue weighted by molar-refractivity contribution is 0.0360. The minimum absolute atomic E-state index is 0.0685. The summed E-state index contributed by atoms with van der Waals surface area (Å²) in [6, 6.07) is 7.59. The van der Waals surface area contributed by atoms with Crippen molar-refractivity contribution in [1.29, 1.82) is 0 Å². The third kappa shape index (κ3) is 5.04. The molecule has 3 rings (SSSR count). The van der Waals surface area contributed by atoms with Gasteiger partial charge in [-0.15, -0.1) is 0 Å². The maximum absolute atomic E-state index is 11.5. The van der Waals surface area contributed by atoms with Crippen LogP contribution in [0, 0.1) is 0 Å². The molecule has 1 aliphatic rings. The van der Waals surface area contributed by atoms with E-state index in [9.17, 15) is 4.79 Å². The summed E-state index contributed by atoms with van der Waals surface area (Å²) in [5, 5.41) is 10.4. The van der Waals surface area contributed by atoms with Crippen LogP contribution < -0.4 is 10.6 Å². The van der Waals surface area contributed by atoms with Crippen molar-refractivity contribution in [2.24, 2.45) is 0 Å². The molecule has 0 bridgehead atoms. The Labute approximate surface area is 148 Å². The lowest BCUT2D eigenvalue weighted by Gasteiger charge is -2.26. The van der Waals surface area contributed by atoms with Gasteiger partial charge in [-0.05, 0) is 17.7 Å². The fourth-order valence-electron chi connectivity index (χ4n) is 2.77. The molecule has 25 heavy (non-hydrogen) atoms. The van der Waals surface area contributed by atoms with E-state index in [-0.39, 0.29) is 5.91 Å². The number of carbonyl (C=O) groups is 1. The Morgan fingerprint density at radius 2 is 1.96 bits per heavy atom. The van der Waals surface area contributed by atoms with Crippen molar-refractivity contribution < 1.29 is 9.53 Å². The zero-order valence-corrected chi connectivity index (χ0v) is 14.6. The highest BCUT2D eigenvalue weighted by molar-refractivity contribution is 5.93. The summed E-state index contributed by atoms with van der Waals surface area (Å²) in [4.78, 5) is 13.9. The van der Waals surface area contributed by atoms with Crippen LogP contribution in [0.25, 0.3) is 0 Å². The molecule has 7 heteroatoms. The first-order valence-electron chi connectivity index (χ1n) is 8.62. The number of nitrogens with one attached hydrogen (secondary N) is 2. The van der Waals surface area contributed by atoms with Gasteiger partial charge in [0.05, 0.1) is 31.6 Å². The number of anilines is 1. The third-order valence-electron chi connectivity index (χ3n) is 4.32. The molecule has 2 aromatic rings. The second kappa shape index (κ2) is 8.64. The topological polar surface area (TPSA) is 71.4 Å². The fourth-order valence-corrected chi connectivity index (χ4v) is 2.77. The number of morpholine rings is 1. The van der Waals surface area contributed by atoms with Gasteiger partial charge in [-0.3, -0.25) is 14.4 Å². The lowest BCUT2D eigenvalue weighted by Crippen LogP contribution is -2.38. The second-order valence-electron chi connectivity index (χ2n) is 6.08. The molecule has 1 aliphatic heterocycles. The van der Waals surface area contributed by atoms with Crippen LogP contribution in [-0.4, -0.2) is 60.5 Å². The molecule has 2 heterocycles. The maximum Gasteiger partial charge on any atom is 0.251 e. The monoisotopic (exact) mass is 343 g/mol. The van der Waals surface area contributed by atoms with Crippen molar-refractivity contribution in [3.8, 4) is 0 Å². The Morgan fingerprint density at radius 1 is 1.20 bits per heavy atom. The van der Waals surface area contributed by atoms with Crippen LogP contribution in [-0.2, 0) is 17.8 Å². The highest BCUT2D eigenvalue weighted by Crippen LogP contribution is 2.10. The van der Waals surface area contributed by atoms with Gasteiger partial charge in [-0.1, -0.05) is 12.1 Å². The minimum atomic E-state index is -0.0685. The molecule has 0 radical (unpaired) electrons. The smallest absolute Gasteiger partial charge is 0.251 e. The van der Waals surface area contributed by atoms with Crippen LogP contribution >= 0.6 is 0 Å². The van der Waals surface area contributed by atoms with Gasteiger partial charge in [0.25, 0.3) is 5.91 Å². The Kier molecular flexibility index (Phi) is 6.03. The normalized spacial score (nSPS) is 15.1. The highest BCUT2D eigenvalue weighted by atomic mass is 16.5. The number of carbonyl (C=O) groups excluding carboxylic acids is 1. The molecule has 0 spiro atoms. The number of hydrogen-bond acceptors (Lipinski definition) is 5. The maximum atomic E-state index is 11.5. The molecule has 1 fully saturated rings. The standard InChI is InChI=1S/C18H25N5O2/c1-19-18(24)16-4-2-15(3-5-16)12-20-17-13-21-23(14-17)7-6-22-8-10-25-11-9-22/h2-5,13-14,20H,6-12H2,1H3,(H,19,24). The van der Waals surface area contributed by atoms with Crippen molar-refractivity contribution in [3.63, 3.8) is 0 Å². The molecule has 134 valence electrons. The van der Waals surface area contributed by atoms with Crippen LogP contribution in [0.4, 0.5) is 5.69 Å². The molecule has 7 nitrogen and oxygen atoms in total. The van der Waals surface area contributed by atoms with Gasteiger partial charge in [0.2, 0.25) is 0 Å². The SMILES string of the molecule is CNC(=O)c1ccc(CNc2cnn(CCN3CCOCC3)c2)cc1. The van der Waals surface area contributed by atoms with E-state index in [2.05, 4.69) is 20.6 Å². The van der Waals surface area contributed by atoms with Crippen molar-refractivity contribution in [2.75, 3.05) is 45.2 Å². The van der Waals surface area contributed by atoms with E-state index in [0.29, 0.717) is 12.1 Å². The fraction of sp³-hybridized carbons (Fsp3) is 0.444. The van der Waals surface area contributed by atoms with Gasteiger partial charge >= 0.3 is 0 Å². The number of nitrogens with zero attached hydrogens (tertiary/aromatic N) is 3. The Morgan fingerprint density at radius 3 is 2.68 bits per heavy atom. The van der Waals surface area contributed by atoms with Crippen molar-refractivity contribution in [3.05, 3.63) is 47.8 Å². The number of aromatic nitrogens is 2. The molecule has 0 atom stereocenters. The summed E-state index contributed by atoms with van der Waals surface area (Å²) in [7, 11) is 1.63. The van der Waals surface area contributed by atoms with Gasteiger partial charge in [0, 0.05) is 45.0 Å². The lowest BCUT2D eigenvalue weighted by atomic mass is 10.1. The van der Waals surface area contributed by atoms with Gasteiger partial charge in [0.15, 0.2) is 0 Å². The van der Waals surface area contributed by atoms with Crippen LogP contribution in [0.1, 0.15) is 15.9 Å². The average Bonchev–Trinajstić information content (AvgIpc) is 3.13. The molecule has 1 amide bonds. The van der Waals surface area contributed by atoms with E-state index >= 15 is 0 Å². The quantitative estimate of drug-likeness (QED) is 0.790. The van der Waals surface area contributed by atoms with Gasteiger partial charge in [-0.2, -0.15) is 5.10 Å². The van der Waals surface area contributed by atoms with E-state index < -0.39 is 0 Å². The average molecular weight is 343 g/mol. The Bertz CT molecular complexity index is 677. The van der Waals surface area contributed by atoms with Crippen molar-refractivity contribution in [1.82, 2.24) is 20.0 Å². The molecule has 0 unspecified atom stereocenters. The highest BCUT2D eigenvalue weighted by Gasteiger charge is 2.10. The van der Waals surface area contributed by atoms with E-state index in [1.165, 1.54) is 0 Å². The van der Waals surface area contributed by atoms with E-state index in [1.807, 2.05) is 41.3 Å². The number of benzene rings is 1. The number of rotatable bonds is 7. The van der Waals surface area contributed by atoms with Crippen molar-refractivity contribution >= 4 is 11.6 Å². The molecule has 0 saturated carbocycles. The molecular formula is C18H25N5O2. The number of amides is 1. The van der Waals surface area contributed by atoms with Gasteiger partial charge in [0.1, 0.15) is 0 Å². The summed E-state index contributed by atoms with van der Waals surface area (Å²) in [5.41, 5.74) is 2.79. The van der Waals surface area contributed by atoms with Gasteiger partial charge in [-0.25, -0.2) is 0 Å². The first-order chi connectivity index (χ1) is 12.2. The minimum Gasteiger partial charge on any atom is -0.379 e. The summed E-state index contributed by atoms with van der Waals surface area (Å²) in [5.74, 6) is -0.0685. The van der Waals surface area contributed by atoms with Crippen LogP contribution in [0.3, 0.4) is 0 Å².